The van der Waals surface area contributed by atoms with Gasteiger partial charge in [-0.05, 0) is 31.9 Å². The molecule has 1 saturated carbocycles. The molecule has 1 aliphatic heterocycles. The Morgan fingerprint density at radius 1 is 1.21 bits per heavy atom. The minimum Gasteiger partial charge on any atom is -0.364 e. The molecule has 2 amide bonds. The van der Waals surface area contributed by atoms with Gasteiger partial charge in [0.2, 0.25) is 5.91 Å². The molecule has 3 N–H and O–H groups in total. The Morgan fingerprint density at radius 3 is 2.79 bits per heavy atom. The molecule has 0 saturated heterocycles. The third-order valence-corrected chi connectivity index (χ3v) is 5.45. The highest BCUT2D eigenvalue weighted by Crippen LogP contribution is 2.40. The fraction of sp³-hybridized carbons (Fsp3) is 0.333. The number of benzene rings is 1. The van der Waals surface area contributed by atoms with E-state index in [0.717, 1.165) is 12.8 Å². The molecular formula is C21H22FN9O2. The quantitative estimate of drug-likeness (QED) is 0.533. The second kappa shape index (κ2) is 7.80. The van der Waals surface area contributed by atoms with E-state index >= 15 is 0 Å². The van der Waals surface area contributed by atoms with Gasteiger partial charge in [-0.3, -0.25) is 9.59 Å². The number of fused-ring (bicyclic) bond motifs is 3. The Hall–Kier alpha value is -4.09. The highest BCUT2D eigenvalue weighted by Gasteiger charge is 2.31. The monoisotopic (exact) mass is 454 g/mol. The van der Waals surface area contributed by atoms with Crippen LogP contribution in [0.15, 0.2) is 18.2 Å². The second-order valence-electron chi connectivity index (χ2n) is 7.97. The van der Waals surface area contributed by atoms with Crippen molar-refractivity contribution in [2.75, 3.05) is 29.6 Å². The molecule has 12 heteroatoms. The van der Waals surface area contributed by atoms with Gasteiger partial charge in [0.05, 0.1) is 23.6 Å². The lowest BCUT2D eigenvalue weighted by Gasteiger charge is -2.30. The predicted octanol–water partition coefficient (Wildman–Crippen LogP) is 1.91. The summed E-state index contributed by atoms with van der Waals surface area (Å²) >= 11 is 0. The molecule has 1 aromatic carbocycles. The molecule has 5 rings (SSSR count). The Kier molecular flexibility index (Phi) is 4.13. The number of anilines is 4. The minimum atomic E-state index is -2.76. The Balaban J connectivity index is 1.57. The number of aromatic nitrogens is 5. The van der Waals surface area contributed by atoms with E-state index in [1.165, 1.54) is 22.9 Å². The van der Waals surface area contributed by atoms with Crippen LogP contribution in [0.3, 0.4) is 0 Å². The molecule has 1 fully saturated rings. The van der Waals surface area contributed by atoms with Gasteiger partial charge in [-0.15, -0.1) is 10.2 Å². The second-order valence-corrected chi connectivity index (χ2v) is 7.97. The molecular weight excluding hydrogens is 429 g/mol. The Labute approximate surface area is 192 Å². The van der Waals surface area contributed by atoms with Crippen molar-refractivity contribution in [1.82, 2.24) is 30.3 Å². The molecule has 0 unspecified atom stereocenters. The summed E-state index contributed by atoms with van der Waals surface area (Å²) in [5.41, 5.74) is 0.755. The molecule has 170 valence electrons. The number of carbonyl (C=O) groups is 2. The molecule has 0 bridgehead atoms. The maximum Gasteiger partial charge on any atom is 0.273 e. The van der Waals surface area contributed by atoms with Gasteiger partial charge in [0.25, 0.3) is 5.91 Å². The zero-order valence-electron chi connectivity index (χ0n) is 20.8. The topological polar surface area (TPSA) is 130 Å². The molecule has 11 nitrogen and oxygen atoms in total. The minimum absolute atomic E-state index is 0.0700. The Morgan fingerprint density at radius 2 is 2.03 bits per heavy atom. The van der Waals surface area contributed by atoms with Crippen LogP contribution in [0.5, 0.6) is 0 Å². The number of amides is 2. The normalized spacial score (nSPS) is 16.1. The van der Waals surface area contributed by atoms with Gasteiger partial charge in [0, 0.05) is 30.1 Å². The first kappa shape index (κ1) is 17.5. The first-order valence-electron chi connectivity index (χ1n) is 11.7. The van der Waals surface area contributed by atoms with E-state index in [9.17, 15) is 14.0 Å². The lowest BCUT2D eigenvalue weighted by molar-refractivity contribution is -0.117. The van der Waals surface area contributed by atoms with Crippen LogP contribution < -0.4 is 20.9 Å². The van der Waals surface area contributed by atoms with Gasteiger partial charge in [-0.1, -0.05) is 0 Å². The van der Waals surface area contributed by atoms with Gasteiger partial charge in [0.1, 0.15) is 11.5 Å². The summed E-state index contributed by atoms with van der Waals surface area (Å²) < 4.78 is 38.5. The maximum atomic E-state index is 15.0. The lowest BCUT2D eigenvalue weighted by Crippen LogP contribution is -2.28. The Bertz CT molecular complexity index is 1390. The molecule has 0 spiro atoms. The summed E-state index contributed by atoms with van der Waals surface area (Å²) in [6.07, 6.45) is 1.56. The van der Waals surface area contributed by atoms with E-state index < -0.39 is 18.7 Å². The third-order valence-electron chi connectivity index (χ3n) is 5.45. The van der Waals surface area contributed by atoms with Crippen LogP contribution in [-0.4, -0.2) is 50.8 Å². The van der Waals surface area contributed by atoms with Gasteiger partial charge in [0.15, 0.2) is 23.2 Å². The van der Waals surface area contributed by atoms with Crippen LogP contribution in [0, 0.1) is 18.7 Å². The standard InChI is InChI=1S/C21H22FN9O2/c1-10-24-16-9-30(3)19-13(7-6-12(22)18(19)31(16)29-10)25-14-8-15(26-20(32)11-4-5-11)27-28-17(14)21(33)23-2/h6-8,11H,4-5,9H2,1-3H3,(H,23,33)(H2,25,26,27,32)/i2D3. The largest absolute Gasteiger partial charge is 0.364 e. The number of hydrogen-bond donors (Lipinski definition) is 3. The van der Waals surface area contributed by atoms with Crippen molar-refractivity contribution in [3.05, 3.63) is 41.4 Å². The first-order valence-corrected chi connectivity index (χ1v) is 10.2. The van der Waals surface area contributed by atoms with E-state index in [-0.39, 0.29) is 34.7 Å². The number of carbonyl (C=O) groups excluding carboxylic acids is 2. The number of nitrogens with zero attached hydrogens (tertiary/aromatic N) is 6. The van der Waals surface area contributed by atoms with Crippen LogP contribution in [-0.2, 0) is 11.3 Å². The summed E-state index contributed by atoms with van der Waals surface area (Å²) in [5.74, 6) is -0.711. The van der Waals surface area contributed by atoms with Crippen molar-refractivity contribution in [3.63, 3.8) is 0 Å². The average molecular weight is 454 g/mol. The highest BCUT2D eigenvalue weighted by atomic mass is 19.1. The molecule has 3 heterocycles. The zero-order valence-corrected chi connectivity index (χ0v) is 17.8. The molecule has 2 aromatic heterocycles. The number of aryl methyl sites for hydroxylation is 1. The number of halogens is 1. The van der Waals surface area contributed by atoms with Crippen LogP contribution in [0.1, 0.15) is 39.1 Å². The average Bonchev–Trinajstić information content (AvgIpc) is 3.56. The lowest BCUT2D eigenvalue weighted by atomic mass is 10.1. The van der Waals surface area contributed by atoms with Crippen molar-refractivity contribution >= 4 is 34.7 Å². The molecule has 33 heavy (non-hydrogen) atoms. The SMILES string of the molecule is [2H]C([2H])([2H])NC(=O)c1nnc(NC(=O)C2CC2)cc1Nc1ccc(F)c2c1N(C)Cc1nc(C)nn1-2. The maximum absolute atomic E-state index is 15.0. The van der Waals surface area contributed by atoms with E-state index in [4.69, 9.17) is 4.11 Å². The van der Waals surface area contributed by atoms with E-state index in [1.807, 2.05) is 5.32 Å². The van der Waals surface area contributed by atoms with E-state index in [2.05, 4.69) is 30.9 Å². The predicted molar refractivity (Wildman–Crippen MR) is 118 cm³/mol. The van der Waals surface area contributed by atoms with Gasteiger partial charge >= 0.3 is 0 Å². The van der Waals surface area contributed by atoms with Crippen molar-refractivity contribution < 1.29 is 18.1 Å². The van der Waals surface area contributed by atoms with Crippen molar-refractivity contribution in [1.29, 1.82) is 0 Å². The summed E-state index contributed by atoms with van der Waals surface area (Å²) in [7, 11) is 1.76. The number of rotatable bonds is 5. The summed E-state index contributed by atoms with van der Waals surface area (Å²) in [4.78, 5) is 31.0. The van der Waals surface area contributed by atoms with Crippen LogP contribution in [0.25, 0.3) is 5.69 Å². The van der Waals surface area contributed by atoms with Crippen LogP contribution in [0.2, 0.25) is 0 Å². The van der Waals surface area contributed by atoms with Gasteiger partial charge in [-0.25, -0.2) is 14.1 Å². The van der Waals surface area contributed by atoms with Crippen molar-refractivity contribution in [3.8, 4) is 5.69 Å². The third kappa shape index (κ3) is 3.73. The molecule has 2 aliphatic rings. The van der Waals surface area contributed by atoms with Crippen molar-refractivity contribution in [2.45, 2.75) is 26.3 Å². The fourth-order valence-electron chi connectivity index (χ4n) is 3.77. The highest BCUT2D eigenvalue weighted by molar-refractivity contribution is 6.00. The molecule has 3 aromatic rings. The van der Waals surface area contributed by atoms with Crippen LogP contribution in [0.4, 0.5) is 27.3 Å². The first-order chi connectivity index (χ1) is 17.0. The summed E-state index contributed by atoms with van der Waals surface area (Å²) in [6, 6.07) is 4.10. The molecule has 1 aliphatic carbocycles. The molecule has 0 atom stereocenters. The van der Waals surface area contributed by atoms with E-state index in [0.29, 0.717) is 29.6 Å². The van der Waals surface area contributed by atoms with Crippen LogP contribution >= 0.6 is 0 Å². The number of hydrogen-bond acceptors (Lipinski definition) is 8. The fourth-order valence-corrected chi connectivity index (χ4v) is 3.77. The number of nitrogens with one attached hydrogen (secondary N) is 3. The van der Waals surface area contributed by atoms with Gasteiger partial charge < -0.3 is 20.9 Å². The van der Waals surface area contributed by atoms with Gasteiger partial charge in [-0.2, -0.15) is 5.10 Å². The molecule has 0 radical (unpaired) electrons. The summed E-state index contributed by atoms with van der Waals surface area (Å²) in [5, 5.41) is 19.6. The van der Waals surface area contributed by atoms with E-state index in [1.54, 1.807) is 18.9 Å². The van der Waals surface area contributed by atoms with Crippen molar-refractivity contribution in [2.24, 2.45) is 5.92 Å². The smallest absolute Gasteiger partial charge is 0.273 e. The summed E-state index contributed by atoms with van der Waals surface area (Å²) in [6.45, 7) is -0.706. The zero-order chi connectivity index (χ0) is 25.8.